The van der Waals surface area contributed by atoms with Crippen LogP contribution in [0.4, 0.5) is 24.5 Å². The maximum absolute atomic E-state index is 12.4. The molecule has 0 aliphatic rings. The van der Waals surface area contributed by atoms with Crippen molar-refractivity contribution in [3.63, 3.8) is 0 Å². The van der Waals surface area contributed by atoms with Crippen molar-refractivity contribution in [2.24, 2.45) is 0 Å². The summed E-state index contributed by atoms with van der Waals surface area (Å²) in [4.78, 5) is 11.4. The van der Waals surface area contributed by atoms with Crippen molar-refractivity contribution >= 4 is 17.3 Å². The fourth-order valence-corrected chi connectivity index (χ4v) is 1.43. The predicted molar refractivity (Wildman–Crippen MR) is 65.6 cm³/mol. The molecule has 106 valence electrons. The highest BCUT2D eigenvalue weighted by atomic mass is 19.4. The van der Waals surface area contributed by atoms with Gasteiger partial charge in [-0.25, -0.2) is 4.79 Å². The van der Waals surface area contributed by atoms with E-state index in [1.54, 1.807) is 6.92 Å². The van der Waals surface area contributed by atoms with E-state index in [-0.39, 0.29) is 18.0 Å². The molecule has 19 heavy (non-hydrogen) atoms. The zero-order chi connectivity index (χ0) is 14.6. The van der Waals surface area contributed by atoms with E-state index < -0.39 is 23.8 Å². The lowest BCUT2D eigenvalue weighted by Gasteiger charge is -2.16. The summed E-state index contributed by atoms with van der Waals surface area (Å²) < 4.78 is 42.1. The van der Waals surface area contributed by atoms with Crippen LogP contribution < -0.4 is 11.1 Å². The highest BCUT2D eigenvalue weighted by Crippen LogP contribution is 2.32. The van der Waals surface area contributed by atoms with E-state index >= 15 is 0 Å². The van der Waals surface area contributed by atoms with Gasteiger partial charge in [-0.05, 0) is 32.0 Å². The molecule has 4 nitrogen and oxygen atoms in total. The van der Waals surface area contributed by atoms with Gasteiger partial charge in [0.1, 0.15) is 6.04 Å². The third-order valence-corrected chi connectivity index (χ3v) is 2.39. The largest absolute Gasteiger partial charge is 0.464 e. The molecule has 0 saturated heterocycles. The molecule has 0 bridgehead atoms. The molecule has 0 heterocycles. The van der Waals surface area contributed by atoms with Gasteiger partial charge in [0.25, 0.3) is 0 Å². The molecule has 0 aliphatic carbocycles. The Morgan fingerprint density at radius 3 is 2.58 bits per heavy atom. The van der Waals surface area contributed by atoms with Gasteiger partial charge < -0.3 is 15.8 Å². The quantitative estimate of drug-likeness (QED) is 0.655. The summed E-state index contributed by atoms with van der Waals surface area (Å²) in [5.41, 5.74) is 4.87. The highest BCUT2D eigenvalue weighted by Gasteiger charge is 2.31. The first kappa shape index (κ1) is 15.1. The summed E-state index contributed by atoms with van der Waals surface area (Å²) in [5.74, 6) is -0.498. The van der Waals surface area contributed by atoms with E-state index in [2.05, 4.69) is 5.32 Å². The lowest BCUT2D eigenvalue weighted by molar-refractivity contribution is -0.143. The van der Waals surface area contributed by atoms with Crippen molar-refractivity contribution in [2.45, 2.75) is 26.1 Å². The van der Waals surface area contributed by atoms with E-state index in [9.17, 15) is 18.0 Å². The van der Waals surface area contributed by atoms with Crippen LogP contribution in [0, 0.1) is 0 Å². The topological polar surface area (TPSA) is 64.3 Å². The van der Waals surface area contributed by atoms with Crippen molar-refractivity contribution in [1.29, 1.82) is 0 Å². The smallest absolute Gasteiger partial charge is 0.416 e. The number of halogens is 3. The number of ether oxygens (including phenoxy) is 1. The second-order valence-electron chi connectivity index (χ2n) is 3.92. The summed E-state index contributed by atoms with van der Waals surface area (Å²) in [7, 11) is 0. The summed E-state index contributed by atoms with van der Waals surface area (Å²) in [5, 5.41) is 2.71. The third-order valence-electron chi connectivity index (χ3n) is 2.39. The second kappa shape index (κ2) is 5.81. The minimum absolute atomic E-state index is 0.0778. The number of rotatable bonds is 4. The molecule has 1 aromatic carbocycles. The van der Waals surface area contributed by atoms with Crippen molar-refractivity contribution in [1.82, 2.24) is 0 Å². The molecule has 0 fully saturated rings. The molecule has 0 aromatic heterocycles. The molecule has 1 aromatic rings. The number of nitrogens with one attached hydrogen (secondary N) is 1. The van der Waals surface area contributed by atoms with Gasteiger partial charge in [-0.15, -0.1) is 0 Å². The molecule has 1 unspecified atom stereocenters. The average molecular weight is 276 g/mol. The maximum Gasteiger partial charge on any atom is 0.416 e. The van der Waals surface area contributed by atoms with Crippen LogP contribution in [0.25, 0.3) is 0 Å². The van der Waals surface area contributed by atoms with Gasteiger partial charge in [0, 0.05) is 0 Å². The predicted octanol–water partition coefficient (Wildman–Crippen LogP) is 2.65. The Bertz CT molecular complexity index is 461. The molecular formula is C12H15F3N2O2. The number of anilines is 2. The molecule has 0 saturated carbocycles. The first-order chi connectivity index (χ1) is 8.75. The first-order valence-electron chi connectivity index (χ1n) is 5.65. The van der Waals surface area contributed by atoms with E-state index in [1.807, 2.05) is 0 Å². The molecule has 1 rings (SSSR count). The molecule has 3 N–H and O–H groups in total. The standard InChI is InChI=1S/C12H15F3N2O2/c1-3-19-11(18)7(2)17-10-5-4-8(6-9(10)16)12(13,14)15/h4-7,17H,3,16H2,1-2H3. The maximum atomic E-state index is 12.4. The summed E-state index contributed by atoms with van der Waals surface area (Å²) in [6, 6.07) is 2.21. The number of esters is 1. The Hall–Kier alpha value is -1.92. The first-order valence-corrected chi connectivity index (χ1v) is 5.65. The number of alkyl halides is 3. The van der Waals surface area contributed by atoms with Crippen LogP contribution in [0.1, 0.15) is 19.4 Å². The zero-order valence-corrected chi connectivity index (χ0v) is 10.5. The van der Waals surface area contributed by atoms with Gasteiger partial charge in [-0.1, -0.05) is 0 Å². The van der Waals surface area contributed by atoms with Gasteiger partial charge in [-0.2, -0.15) is 13.2 Å². The average Bonchev–Trinajstić information content (AvgIpc) is 2.30. The van der Waals surface area contributed by atoms with Gasteiger partial charge in [-0.3, -0.25) is 0 Å². The number of hydrogen-bond acceptors (Lipinski definition) is 4. The van der Waals surface area contributed by atoms with Crippen LogP contribution >= 0.6 is 0 Å². The van der Waals surface area contributed by atoms with Gasteiger partial charge >= 0.3 is 12.1 Å². The molecule has 0 spiro atoms. The van der Waals surface area contributed by atoms with Crippen LogP contribution in [-0.4, -0.2) is 18.6 Å². The normalized spacial score (nSPS) is 12.9. The number of carbonyl (C=O) groups is 1. The fraction of sp³-hybridized carbons (Fsp3) is 0.417. The third kappa shape index (κ3) is 4.04. The SMILES string of the molecule is CCOC(=O)C(C)Nc1ccc(C(F)(F)F)cc1N. The Balaban J connectivity index is 2.83. The van der Waals surface area contributed by atoms with Gasteiger partial charge in [0.15, 0.2) is 0 Å². The summed E-state index contributed by atoms with van der Waals surface area (Å²) in [6.07, 6.45) is -4.45. The van der Waals surface area contributed by atoms with Crippen LogP contribution in [0.3, 0.4) is 0 Å². The number of carbonyl (C=O) groups excluding carboxylic acids is 1. The Kier molecular flexibility index (Phi) is 4.63. The fourth-order valence-electron chi connectivity index (χ4n) is 1.43. The lowest BCUT2D eigenvalue weighted by Crippen LogP contribution is -2.28. The Labute approximate surface area is 108 Å². The zero-order valence-electron chi connectivity index (χ0n) is 10.5. The van der Waals surface area contributed by atoms with E-state index in [4.69, 9.17) is 10.5 Å². The number of nitrogen functional groups attached to an aromatic ring is 1. The minimum atomic E-state index is -4.45. The Morgan fingerprint density at radius 2 is 2.11 bits per heavy atom. The van der Waals surface area contributed by atoms with Crippen molar-refractivity contribution in [2.75, 3.05) is 17.7 Å². The molecule has 1 atom stereocenters. The van der Waals surface area contributed by atoms with Crippen LogP contribution in [-0.2, 0) is 15.7 Å². The van der Waals surface area contributed by atoms with Crippen LogP contribution in [0.5, 0.6) is 0 Å². The van der Waals surface area contributed by atoms with Crippen LogP contribution in [0.15, 0.2) is 18.2 Å². The van der Waals surface area contributed by atoms with E-state index in [0.717, 1.165) is 12.1 Å². The van der Waals surface area contributed by atoms with Crippen molar-refractivity contribution in [3.8, 4) is 0 Å². The lowest BCUT2D eigenvalue weighted by atomic mass is 10.1. The number of benzene rings is 1. The molecule has 7 heteroatoms. The number of hydrogen-bond donors (Lipinski definition) is 2. The second-order valence-corrected chi connectivity index (χ2v) is 3.92. The highest BCUT2D eigenvalue weighted by molar-refractivity contribution is 5.81. The molecule has 0 amide bonds. The van der Waals surface area contributed by atoms with Gasteiger partial charge in [0.05, 0.1) is 23.5 Å². The Morgan fingerprint density at radius 1 is 1.47 bits per heavy atom. The molecule has 0 aliphatic heterocycles. The van der Waals surface area contributed by atoms with E-state index in [1.165, 1.54) is 13.0 Å². The van der Waals surface area contributed by atoms with Crippen LogP contribution in [0.2, 0.25) is 0 Å². The molecule has 0 radical (unpaired) electrons. The molecular weight excluding hydrogens is 261 g/mol. The van der Waals surface area contributed by atoms with Gasteiger partial charge in [0.2, 0.25) is 0 Å². The summed E-state index contributed by atoms with van der Waals surface area (Å²) >= 11 is 0. The minimum Gasteiger partial charge on any atom is -0.464 e. The monoisotopic (exact) mass is 276 g/mol. The summed E-state index contributed by atoms with van der Waals surface area (Å²) in [6.45, 7) is 3.43. The van der Waals surface area contributed by atoms with Crippen molar-refractivity contribution < 1.29 is 22.7 Å². The van der Waals surface area contributed by atoms with E-state index in [0.29, 0.717) is 0 Å². The van der Waals surface area contributed by atoms with Crippen molar-refractivity contribution in [3.05, 3.63) is 23.8 Å². The number of nitrogens with two attached hydrogens (primary N) is 1.